The summed E-state index contributed by atoms with van der Waals surface area (Å²) in [7, 11) is 9.83. The van der Waals surface area contributed by atoms with E-state index >= 15 is 0 Å². The lowest BCUT2D eigenvalue weighted by Gasteiger charge is -2.16. The third-order valence-electron chi connectivity index (χ3n) is 18.0. The van der Waals surface area contributed by atoms with Crippen LogP contribution < -0.4 is 47.5 Å². The molecule has 0 spiro atoms. The third kappa shape index (κ3) is 24.5. The molecule has 38 nitrogen and oxygen atoms in total. The molecule has 16 rings (SSSR count). The number of anilines is 7. The van der Waals surface area contributed by atoms with Crippen molar-refractivity contribution >= 4 is 134 Å². The first-order chi connectivity index (χ1) is 58.1. The molecule has 9 N–H and O–H groups in total. The number of hydrogen-bond donors (Lipinski definition) is 7. The summed E-state index contributed by atoms with van der Waals surface area (Å²) in [5.41, 5.74) is 23.5. The highest BCUT2D eigenvalue weighted by Gasteiger charge is 2.21. The number of aryl methyl sites for hydroxylation is 6. The Hall–Kier alpha value is -12.8. The predicted molar refractivity (Wildman–Crippen MR) is 480 cm³/mol. The standard InChI is InChI=1S/C18H20N8O3.C17H17N7O.C17H21N5O.C16H21N5OS.C13H21N5O2.2H2S/c1-10-7-20-15(29-10)8-21-17-16-11(22-18(19)25-17)4-5-26(16)9-12-23-13(27-2)6-14(24-12)28-3;1-11-20-14-6-8-24(10-13-5-3-4-7-18-13)16(14)17(21-11)19-9-15-23-22-12(2)25-15;1-12(11-23-3)19-17-16-15(20-13(2)21-17)7-9-22(16)10-14-6-4-5-8-18-14;1-10(8-22-4)17-16-15-14(18-11(2)19-16)5-6-21(15)7-13-9-23-12(3)20-13;1-9(8-20-3)15-12-11-10(16-13(14)17-12)4-5-18(11)6-7-19-2;;/h4-7H,8-9H2,1-3H3,(H3,19,21,22,25);3-8H,9-10H2,1-2H3,(H,19,20,21);4-9,12H,10-11H2,1-3H3,(H,19,20,21);5-6,9-10H,7-8H2,1-4H3,(H,17,18,19);4-5,9H,6-8H2,1-3H3,(H3,14,15,16,17);2*1H2/t;;12-;10-;;;/m..00.../s1. The summed E-state index contributed by atoms with van der Waals surface area (Å²) in [5, 5.41) is 27.7. The Kier molecular flexibility index (Phi) is 33.0. The van der Waals surface area contributed by atoms with Gasteiger partial charge in [0.15, 0.2) is 34.9 Å². The van der Waals surface area contributed by atoms with Gasteiger partial charge >= 0.3 is 0 Å². The van der Waals surface area contributed by atoms with Gasteiger partial charge in [-0.25, -0.2) is 49.8 Å². The maximum absolute atomic E-state index is 5.87. The van der Waals surface area contributed by atoms with Crippen LogP contribution in [0.3, 0.4) is 0 Å². The van der Waals surface area contributed by atoms with Crippen molar-refractivity contribution in [1.82, 2.24) is 113 Å². The van der Waals surface area contributed by atoms with Crippen molar-refractivity contribution in [3.8, 4) is 11.8 Å². The number of methoxy groups -OCH3 is 6. The van der Waals surface area contributed by atoms with Crippen LogP contribution in [0.2, 0.25) is 0 Å². The van der Waals surface area contributed by atoms with E-state index in [9.17, 15) is 0 Å². The number of oxazole rings is 1. The van der Waals surface area contributed by atoms with Gasteiger partial charge in [0.05, 0.1) is 142 Å². The average Bonchev–Trinajstić information content (AvgIpc) is 1.68. The van der Waals surface area contributed by atoms with Crippen LogP contribution in [0.15, 0.2) is 137 Å². The maximum atomic E-state index is 5.87. The van der Waals surface area contributed by atoms with Crippen LogP contribution in [0.4, 0.5) is 41.0 Å². The zero-order chi connectivity index (χ0) is 84.8. The Morgan fingerprint density at radius 1 is 0.426 bits per heavy atom. The second kappa shape index (κ2) is 44.0. The van der Waals surface area contributed by atoms with Crippen molar-refractivity contribution in [2.75, 3.05) is 107 Å². The fourth-order valence-corrected chi connectivity index (χ4v) is 13.6. The molecule has 16 aromatic heterocycles. The summed E-state index contributed by atoms with van der Waals surface area (Å²) in [6, 6.07) is 23.7. The van der Waals surface area contributed by atoms with Crippen molar-refractivity contribution in [2.45, 2.75) is 126 Å². The first-order valence-corrected chi connectivity index (χ1v) is 39.4. The first kappa shape index (κ1) is 91.5. The molecule has 0 aromatic carbocycles. The minimum atomic E-state index is 0. The molecule has 0 saturated heterocycles. The molecule has 0 fully saturated rings. The molecule has 0 radical (unpaired) electrons. The second-order valence-corrected chi connectivity index (χ2v) is 28.9. The number of ether oxygens (including phenoxy) is 6. The van der Waals surface area contributed by atoms with E-state index in [1.807, 2.05) is 150 Å². The lowest BCUT2D eigenvalue weighted by atomic mass is 10.3. The number of rotatable bonds is 31. The number of nitrogens with one attached hydrogen (secondary N) is 5. The monoisotopic (exact) mass is 1720 g/mol. The van der Waals surface area contributed by atoms with Gasteiger partial charge in [0.1, 0.15) is 50.8 Å². The zero-order valence-corrected chi connectivity index (χ0v) is 73.6. The Bertz CT molecular complexity index is 5970. The predicted octanol–water partition coefficient (Wildman–Crippen LogP) is 11.2. The van der Waals surface area contributed by atoms with Crippen LogP contribution in [0.5, 0.6) is 11.8 Å². The number of thiazole rings is 1. The van der Waals surface area contributed by atoms with Crippen LogP contribution in [0.1, 0.15) is 89.6 Å². The summed E-state index contributed by atoms with van der Waals surface area (Å²) < 4.78 is 52.3. The molecular formula is C81H104N30O8S3. The number of nitrogens with zero attached hydrogens (tertiary/aromatic N) is 23. The quantitative estimate of drug-likeness (QED) is 0.0212. The number of nitrogens with two attached hydrogens (primary N) is 2. The number of aromatic nitrogens is 23. The van der Waals surface area contributed by atoms with Gasteiger partial charge in [-0.2, -0.15) is 46.9 Å². The van der Waals surface area contributed by atoms with Gasteiger partial charge in [-0.3, -0.25) is 9.97 Å². The van der Waals surface area contributed by atoms with Gasteiger partial charge < -0.3 is 98.1 Å². The van der Waals surface area contributed by atoms with Crippen LogP contribution in [0.25, 0.3) is 55.2 Å². The Labute approximate surface area is 722 Å². The molecule has 16 aromatic rings. The highest BCUT2D eigenvalue weighted by molar-refractivity contribution is 7.59. The highest BCUT2D eigenvalue weighted by Crippen LogP contribution is 2.30. The normalized spacial score (nSPS) is 11.7. The van der Waals surface area contributed by atoms with Crippen molar-refractivity contribution in [2.24, 2.45) is 0 Å². The summed E-state index contributed by atoms with van der Waals surface area (Å²) in [5.74, 6) is 10.0. The fraction of sp³-hybridized carbons (Fsp3) is 0.358. The molecule has 16 heterocycles. The molecule has 0 aliphatic carbocycles. The van der Waals surface area contributed by atoms with Crippen LogP contribution in [-0.2, 0) is 64.8 Å². The van der Waals surface area contributed by atoms with E-state index in [0.29, 0.717) is 118 Å². The van der Waals surface area contributed by atoms with E-state index in [2.05, 4.69) is 154 Å². The van der Waals surface area contributed by atoms with Crippen molar-refractivity contribution in [1.29, 1.82) is 0 Å². The Morgan fingerprint density at radius 3 is 1.26 bits per heavy atom. The smallest absolute Gasteiger partial charge is 0.235 e. The van der Waals surface area contributed by atoms with E-state index in [1.165, 1.54) is 0 Å². The molecule has 0 aliphatic heterocycles. The molecule has 0 amide bonds. The minimum Gasteiger partial charge on any atom is -0.481 e. The van der Waals surface area contributed by atoms with Gasteiger partial charge in [-0.05, 0) is 110 Å². The van der Waals surface area contributed by atoms with E-state index in [-0.39, 0.29) is 57.0 Å². The van der Waals surface area contributed by atoms with Crippen LogP contribution >= 0.6 is 38.3 Å². The second-order valence-electron chi connectivity index (χ2n) is 27.8. The van der Waals surface area contributed by atoms with E-state index in [1.54, 1.807) is 79.4 Å². The molecule has 644 valence electrons. The van der Waals surface area contributed by atoms with Gasteiger partial charge in [0.25, 0.3) is 0 Å². The largest absolute Gasteiger partial charge is 0.481 e. The average molecular weight is 1720 g/mol. The Morgan fingerprint density at radius 2 is 0.844 bits per heavy atom. The molecule has 0 aliphatic rings. The van der Waals surface area contributed by atoms with Crippen LogP contribution in [0, 0.1) is 41.5 Å². The third-order valence-corrected chi connectivity index (χ3v) is 18.8. The summed E-state index contributed by atoms with van der Waals surface area (Å²) in [6.07, 6.45) is 15.2. The SMILES string of the molecule is COCCn1ccc2nc(N)nc(NC(C)COC)c21.COC[C@H](C)Nc1nc(C)nc2ccn(Cc3ccccn3)c12.COC[C@H](C)Nc1nc(C)nc2ccn(Cc3csc(C)n3)c12.COc1cc(OC)nc(Cn2ccc3nc(N)nc(NCc4ncc(C)o4)c32)n1.Cc1nc(NCc2nnc(C)o2)c2c(ccn2Cc2ccccn2)n1.S.S. The Balaban J connectivity index is 0.000000160. The van der Waals surface area contributed by atoms with E-state index in [4.69, 9.17) is 48.7 Å². The molecular weight excluding hydrogens is 1620 g/mol. The summed E-state index contributed by atoms with van der Waals surface area (Å²) in [6.45, 7) is 23.8. The summed E-state index contributed by atoms with van der Waals surface area (Å²) in [4.78, 5) is 70.8. The van der Waals surface area contributed by atoms with Crippen LogP contribution in [-0.4, -0.2) is 200 Å². The number of fused-ring (bicyclic) bond motifs is 5. The molecule has 3 atom stereocenters. The van der Waals surface area contributed by atoms with E-state index in [0.717, 1.165) is 119 Å². The topological polar surface area (TPSA) is 451 Å². The minimum absolute atomic E-state index is 0. The van der Waals surface area contributed by atoms with Crippen molar-refractivity contribution < 1.29 is 37.3 Å². The van der Waals surface area contributed by atoms with Crippen molar-refractivity contribution in [3.63, 3.8) is 0 Å². The van der Waals surface area contributed by atoms with Crippen molar-refractivity contribution in [3.05, 3.63) is 197 Å². The van der Waals surface area contributed by atoms with E-state index < -0.39 is 0 Å². The van der Waals surface area contributed by atoms with Gasteiger partial charge in [-0.1, -0.05) is 12.1 Å². The van der Waals surface area contributed by atoms with Gasteiger partial charge in [-0.15, -0.1) is 21.5 Å². The molecule has 41 heteroatoms. The number of pyridine rings is 2. The van der Waals surface area contributed by atoms with Gasteiger partial charge in [0.2, 0.25) is 41.3 Å². The molecule has 122 heavy (non-hydrogen) atoms. The zero-order valence-electron chi connectivity index (χ0n) is 70.7. The number of hydrogen-bond acceptors (Lipinski definition) is 34. The number of nitrogen functional groups attached to an aromatic ring is 2. The summed E-state index contributed by atoms with van der Waals surface area (Å²) >= 11 is 1.67. The molecule has 1 unspecified atom stereocenters. The fourth-order valence-electron chi connectivity index (χ4n) is 13.0. The van der Waals surface area contributed by atoms with Gasteiger partial charge in [0, 0.05) is 109 Å². The lowest BCUT2D eigenvalue weighted by Crippen LogP contribution is -2.22. The highest BCUT2D eigenvalue weighted by atomic mass is 32.1. The lowest BCUT2D eigenvalue weighted by molar-refractivity contribution is 0.188. The maximum Gasteiger partial charge on any atom is 0.235 e. The first-order valence-electron chi connectivity index (χ1n) is 38.5. The molecule has 0 saturated carbocycles. The molecule has 0 bridgehead atoms.